The number of amides is 1. The van der Waals surface area contributed by atoms with E-state index in [-0.39, 0.29) is 34.9 Å². The Kier molecular flexibility index (Phi) is 7.41. The fourth-order valence-corrected chi connectivity index (χ4v) is 5.03. The summed E-state index contributed by atoms with van der Waals surface area (Å²) in [6.07, 6.45) is 5.01. The van der Waals surface area contributed by atoms with Crippen molar-refractivity contribution in [2.75, 3.05) is 6.54 Å². The first kappa shape index (κ1) is 24.2. The molecule has 0 saturated carbocycles. The maximum atomic E-state index is 13.1. The number of piperidine rings is 1. The Labute approximate surface area is 211 Å². The number of halogens is 4. The van der Waals surface area contributed by atoms with Gasteiger partial charge in [-0.1, -0.05) is 46.9 Å². The Hall–Kier alpha value is -1.96. The van der Waals surface area contributed by atoms with E-state index in [4.69, 9.17) is 50.8 Å². The van der Waals surface area contributed by atoms with Gasteiger partial charge >= 0.3 is 0 Å². The minimum absolute atomic E-state index is 0.0198. The van der Waals surface area contributed by atoms with Crippen molar-refractivity contribution in [2.24, 2.45) is 7.05 Å². The van der Waals surface area contributed by atoms with Gasteiger partial charge in [-0.3, -0.25) is 9.48 Å². The molecular formula is C23H22Cl4N4O2. The van der Waals surface area contributed by atoms with Gasteiger partial charge in [0.15, 0.2) is 5.76 Å². The van der Waals surface area contributed by atoms with Crippen molar-refractivity contribution in [3.63, 3.8) is 0 Å². The zero-order valence-corrected chi connectivity index (χ0v) is 20.8. The average Bonchev–Trinajstić information content (AvgIpc) is 3.32. The van der Waals surface area contributed by atoms with Crippen LogP contribution >= 0.6 is 46.4 Å². The summed E-state index contributed by atoms with van der Waals surface area (Å²) in [5.41, 5.74) is 2.08. The van der Waals surface area contributed by atoms with Crippen LogP contribution in [0.2, 0.25) is 20.3 Å². The Morgan fingerprint density at radius 2 is 2.06 bits per heavy atom. The number of benzene rings is 1. The lowest BCUT2D eigenvalue weighted by Gasteiger charge is -2.37. The fraction of sp³-hybridized carbons (Fsp3) is 0.304. The van der Waals surface area contributed by atoms with Gasteiger partial charge in [0.25, 0.3) is 5.91 Å². The summed E-state index contributed by atoms with van der Waals surface area (Å²) in [5, 5.41) is 12.1. The summed E-state index contributed by atoms with van der Waals surface area (Å²) < 4.78 is 7.14. The molecule has 3 aromatic rings. The van der Waals surface area contributed by atoms with Crippen molar-refractivity contribution in [1.82, 2.24) is 20.4 Å². The maximum Gasteiger partial charge on any atom is 0.287 e. The Bertz CT molecular complexity index is 1170. The first-order valence-electron chi connectivity index (χ1n) is 10.4. The zero-order chi connectivity index (χ0) is 23.7. The maximum absolute atomic E-state index is 13.1. The molecular weight excluding hydrogens is 506 g/mol. The van der Waals surface area contributed by atoms with Gasteiger partial charge in [-0.15, -0.1) is 6.58 Å². The fourth-order valence-electron chi connectivity index (χ4n) is 4.23. The van der Waals surface area contributed by atoms with Crippen LogP contribution in [0.15, 0.2) is 47.5 Å². The molecule has 4 rings (SSSR count). The van der Waals surface area contributed by atoms with Gasteiger partial charge in [0.1, 0.15) is 0 Å². The van der Waals surface area contributed by atoms with Gasteiger partial charge in [-0.25, -0.2) is 0 Å². The van der Waals surface area contributed by atoms with Crippen molar-refractivity contribution < 1.29 is 9.21 Å². The van der Waals surface area contributed by atoms with E-state index in [0.29, 0.717) is 32.9 Å². The molecule has 1 amide bonds. The Morgan fingerprint density at radius 3 is 2.73 bits per heavy atom. The van der Waals surface area contributed by atoms with Crippen LogP contribution in [-0.2, 0) is 7.05 Å². The van der Waals surface area contributed by atoms with E-state index in [9.17, 15) is 4.79 Å². The molecule has 1 aromatic carbocycles. The molecule has 3 atom stereocenters. The first-order chi connectivity index (χ1) is 15.8. The number of aromatic nitrogens is 2. The third-order valence-electron chi connectivity index (χ3n) is 5.85. The van der Waals surface area contributed by atoms with Gasteiger partial charge in [0.2, 0.25) is 5.22 Å². The molecule has 2 aromatic heterocycles. The molecule has 0 bridgehead atoms. The number of carbonyl (C=O) groups is 1. The SMILES string of the molecule is C=CCC1C[C@@H](c2ccc(Cl)c(Cl)c2)[C@H](NC(=O)c2cc(-c3c(Cl)cnn3C)c(Cl)o2)CN1. The number of furan rings is 1. The van der Waals surface area contributed by atoms with Gasteiger partial charge in [0.05, 0.1) is 32.5 Å². The molecule has 1 aliphatic heterocycles. The zero-order valence-electron chi connectivity index (χ0n) is 17.7. The number of nitrogens with one attached hydrogen (secondary N) is 2. The van der Waals surface area contributed by atoms with Gasteiger partial charge in [-0.05, 0) is 42.1 Å². The predicted molar refractivity (Wildman–Crippen MR) is 133 cm³/mol. The van der Waals surface area contributed by atoms with Crippen molar-refractivity contribution in [2.45, 2.75) is 30.8 Å². The lowest BCUT2D eigenvalue weighted by Crippen LogP contribution is -2.53. The highest BCUT2D eigenvalue weighted by molar-refractivity contribution is 6.42. The number of aryl methyl sites for hydroxylation is 1. The van der Waals surface area contributed by atoms with Gasteiger partial charge in [0, 0.05) is 37.7 Å². The average molecular weight is 528 g/mol. The molecule has 3 heterocycles. The topological polar surface area (TPSA) is 72.1 Å². The van der Waals surface area contributed by atoms with E-state index in [1.54, 1.807) is 23.9 Å². The molecule has 33 heavy (non-hydrogen) atoms. The highest BCUT2D eigenvalue weighted by atomic mass is 35.5. The van der Waals surface area contributed by atoms with E-state index in [0.717, 1.165) is 18.4 Å². The van der Waals surface area contributed by atoms with E-state index in [2.05, 4.69) is 22.3 Å². The molecule has 6 nitrogen and oxygen atoms in total. The van der Waals surface area contributed by atoms with Crippen LogP contribution in [0, 0.1) is 0 Å². The molecule has 1 aliphatic rings. The second-order valence-corrected chi connectivity index (χ2v) is 9.55. The molecule has 0 aliphatic carbocycles. The number of nitrogens with zero attached hydrogens (tertiary/aromatic N) is 2. The Balaban J connectivity index is 1.58. The van der Waals surface area contributed by atoms with Crippen molar-refractivity contribution in [3.05, 3.63) is 74.7 Å². The molecule has 174 valence electrons. The largest absolute Gasteiger partial charge is 0.439 e. The number of hydrogen-bond acceptors (Lipinski definition) is 4. The smallest absolute Gasteiger partial charge is 0.287 e. The van der Waals surface area contributed by atoms with E-state index >= 15 is 0 Å². The summed E-state index contributed by atoms with van der Waals surface area (Å²) >= 11 is 24.9. The number of carbonyl (C=O) groups excluding carboxylic acids is 1. The summed E-state index contributed by atoms with van der Waals surface area (Å²) in [4.78, 5) is 13.1. The molecule has 1 fully saturated rings. The summed E-state index contributed by atoms with van der Waals surface area (Å²) in [5.74, 6) is -0.264. The van der Waals surface area contributed by atoms with Crippen molar-refractivity contribution in [1.29, 1.82) is 0 Å². The first-order valence-corrected chi connectivity index (χ1v) is 11.9. The van der Waals surface area contributed by atoms with E-state index < -0.39 is 0 Å². The third kappa shape index (κ3) is 5.10. The standard InChI is InChI=1S/C23H22Cl4N4O2/c1-3-4-13-8-14(12-5-6-16(24)17(25)7-12)19(11-28-13)30-23(32)20-9-15(22(27)33-20)21-18(26)10-29-31(21)2/h3,5-7,9-10,13-14,19,28H,1,4,8,11H2,2H3,(H,30,32)/t13?,14-,19+/m0/s1. The Morgan fingerprint density at radius 1 is 1.27 bits per heavy atom. The molecule has 10 heteroatoms. The van der Waals surface area contributed by atoms with Crippen LogP contribution < -0.4 is 10.6 Å². The second-order valence-electron chi connectivity index (χ2n) is 7.99. The van der Waals surface area contributed by atoms with Crippen LogP contribution in [0.3, 0.4) is 0 Å². The van der Waals surface area contributed by atoms with Crippen molar-refractivity contribution >= 4 is 52.3 Å². The minimum Gasteiger partial charge on any atom is -0.439 e. The monoisotopic (exact) mass is 526 g/mol. The minimum atomic E-state index is -0.375. The van der Waals surface area contributed by atoms with Crippen LogP contribution in [-0.4, -0.2) is 34.3 Å². The highest BCUT2D eigenvalue weighted by Crippen LogP contribution is 2.36. The quantitative estimate of drug-likeness (QED) is 0.379. The molecule has 1 saturated heterocycles. The van der Waals surface area contributed by atoms with Crippen molar-refractivity contribution in [3.8, 4) is 11.3 Å². The number of rotatable bonds is 6. The second kappa shape index (κ2) is 10.1. The summed E-state index contributed by atoms with van der Waals surface area (Å²) in [7, 11) is 1.74. The number of hydrogen-bond donors (Lipinski definition) is 2. The van der Waals surface area contributed by atoms with Crippen LogP contribution in [0.1, 0.15) is 34.9 Å². The lowest BCUT2D eigenvalue weighted by atomic mass is 9.82. The molecule has 2 N–H and O–H groups in total. The van der Waals surface area contributed by atoms with Crippen LogP contribution in [0.25, 0.3) is 11.3 Å². The summed E-state index contributed by atoms with van der Waals surface area (Å²) in [6, 6.07) is 7.19. The predicted octanol–water partition coefficient (Wildman–Crippen LogP) is 6.11. The molecule has 0 spiro atoms. The van der Waals surface area contributed by atoms with Gasteiger partial charge in [-0.2, -0.15) is 5.10 Å². The van der Waals surface area contributed by atoms with E-state index in [1.165, 1.54) is 6.20 Å². The normalized spacial score (nSPS) is 20.6. The van der Waals surface area contributed by atoms with Crippen LogP contribution in [0.4, 0.5) is 0 Å². The lowest BCUT2D eigenvalue weighted by molar-refractivity contribution is 0.0891. The third-order valence-corrected chi connectivity index (χ3v) is 7.15. The summed E-state index contributed by atoms with van der Waals surface area (Å²) in [6.45, 7) is 4.41. The van der Waals surface area contributed by atoms with E-state index in [1.807, 2.05) is 18.2 Å². The van der Waals surface area contributed by atoms with Gasteiger partial charge < -0.3 is 15.1 Å². The molecule has 1 unspecified atom stereocenters. The molecule has 0 radical (unpaired) electrons. The highest BCUT2D eigenvalue weighted by Gasteiger charge is 2.33. The van der Waals surface area contributed by atoms with Crippen LogP contribution in [0.5, 0.6) is 0 Å².